The van der Waals surface area contributed by atoms with Gasteiger partial charge in [-0.25, -0.2) is 4.98 Å². The molecule has 0 N–H and O–H groups in total. The summed E-state index contributed by atoms with van der Waals surface area (Å²) >= 11 is 0. The number of rotatable bonds is 2. The summed E-state index contributed by atoms with van der Waals surface area (Å²) in [6, 6.07) is 3.84. The van der Waals surface area contributed by atoms with E-state index in [0.29, 0.717) is 5.92 Å². The number of aromatic nitrogens is 3. The van der Waals surface area contributed by atoms with E-state index in [1.807, 2.05) is 13.1 Å². The Morgan fingerprint density at radius 1 is 1.19 bits per heavy atom. The molecule has 1 fully saturated rings. The summed E-state index contributed by atoms with van der Waals surface area (Å²) in [5.41, 5.74) is 2.21. The average Bonchev–Trinajstić information content (AvgIpc) is 2.51. The summed E-state index contributed by atoms with van der Waals surface area (Å²) in [7, 11) is 1.78. The lowest BCUT2D eigenvalue weighted by atomic mass is 9.90. The average molecular weight is 284 g/mol. The number of pyridine rings is 1. The van der Waals surface area contributed by atoms with E-state index < -0.39 is 0 Å². The molecule has 2 aromatic rings. The first kappa shape index (κ1) is 13.8. The zero-order chi connectivity index (χ0) is 14.8. The molecule has 2 aromatic heterocycles. The fourth-order valence-electron chi connectivity index (χ4n) is 2.95. The van der Waals surface area contributed by atoms with Gasteiger partial charge in [0, 0.05) is 44.8 Å². The van der Waals surface area contributed by atoms with Gasteiger partial charge in [-0.1, -0.05) is 0 Å². The molecule has 1 aliphatic rings. The van der Waals surface area contributed by atoms with Gasteiger partial charge < -0.3 is 9.47 Å². The van der Waals surface area contributed by atoms with E-state index in [2.05, 4.69) is 20.9 Å². The number of aryl methyl sites for hydroxylation is 2. The molecule has 0 aromatic carbocycles. The van der Waals surface area contributed by atoms with Crippen molar-refractivity contribution in [3.05, 3.63) is 52.3 Å². The molecule has 5 nitrogen and oxygen atoms in total. The van der Waals surface area contributed by atoms with Gasteiger partial charge in [0.25, 0.3) is 5.56 Å². The van der Waals surface area contributed by atoms with Gasteiger partial charge in [0.2, 0.25) is 0 Å². The molecule has 110 valence electrons. The molecule has 0 aliphatic carbocycles. The molecule has 0 amide bonds. The zero-order valence-corrected chi connectivity index (χ0v) is 12.5. The summed E-state index contributed by atoms with van der Waals surface area (Å²) in [5.74, 6) is 1.45. The lowest BCUT2D eigenvalue weighted by molar-refractivity contribution is 0.500. The van der Waals surface area contributed by atoms with Crippen molar-refractivity contribution in [3.8, 4) is 0 Å². The number of hydrogen-bond acceptors (Lipinski definition) is 4. The van der Waals surface area contributed by atoms with Gasteiger partial charge in [0.05, 0.1) is 5.69 Å². The van der Waals surface area contributed by atoms with E-state index >= 15 is 0 Å². The van der Waals surface area contributed by atoms with Crippen LogP contribution < -0.4 is 10.5 Å². The molecule has 21 heavy (non-hydrogen) atoms. The maximum absolute atomic E-state index is 11.7. The fourth-order valence-corrected chi connectivity index (χ4v) is 2.95. The Labute approximate surface area is 124 Å². The highest BCUT2D eigenvalue weighted by molar-refractivity contribution is 5.43. The van der Waals surface area contributed by atoms with E-state index in [-0.39, 0.29) is 5.56 Å². The van der Waals surface area contributed by atoms with Crippen LogP contribution in [0, 0.1) is 6.92 Å². The molecule has 0 spiro atoms. The first-order valence-electron chi connectivity index (χ1n) is 7.34. The van der Waals surface area contributed by atoms with Crippen LogP contribution in [-0.2, 0) is 7.05 Å². The van der Waals surface area contributed by atoms with Gasteiger partial charge in [-0.15, -0.1) is 0 Å². The second kappa shape index (κ2) is 5.68. The van der Waals surface area contributed by atoms with Crippen molar-refractivity contribution in [1.82, 2.24) is 14.5 Å². The van der Waals surface area contributed by atoms with Crippen LogP contribution in [0.4, 0.5) is 5.82 Å². The smallest absolute Gasteiger partial charge is 0.250 e. The van der Waals surface area contributed by atoms with Crippen LogP contribution in [0.3, 0.4) is 0 Å². The topological polar surface area (TPSA) is 51.0 Å². The van der Waals surface area contributed by atoms with Crippen molar-refractivity contribution in [3.63, 3.8) is 0 Å². The second-order valence-electron chi connectivity index (χ2n) is 5.64. The number of nitrogens with zero attached hydrogens (tertiary/aromatic N) is 4. The molecule has 3 heterocycles. The lowest BCUT2D eigenvalue weighted by Gasteiger charge is -2.33. The third-order valence-corrected chi connectivity index (χ3v) is 4.25. The molecule has 1 aliphatic heterocycles. The first-order chi connectivity index (χ1) is 10.1. The van der Waals surface area contributed by atoms with Crippen LogP contribution in [0.1, 0.15) is 30.0 Å². The number of hydrogen-bond donors (Lipinski definition) is 0. The fraction of sp³-hybridized carbons (Fsp3) is 0.438. The molecular weight excluding hydrogens is 264 g/mol. The third kappa shape index (κ3) is 2.82. The van der Waals surface area contributed by atoms with Crippen LogP contribution in [-0.4, -0.2) is 27.6 Å². The highest BCUT2D eigenvalue weighted by Gasteiger charge is 2.22. The van der Waals surface area contributed by atoms with Crippen LogP contribution in [0.15, 0.2) is 35.5 Å². The molecule has 0 saturated carbocycles. The third-order valence-electron chi connectivity index (χ3n) is 4.25. The minimum Gasteiger partial charge on any atom is -0.355 e. The Hall–Kier alpha value is -2.17. The highest BCUT2D eigenvalue weighted by Crippen LogP contribution is 2.29. The Morgan fingerprint density at radius 2 is 1.90 bits per heavy atom. The Balaban J connectivity index is 1.72. The minimum absolute atomic E-state index is 0.0692. The quantitative estimate of drug-likeness (QED) is 0.845. The van der Waals surface area contributed by atoms with E-state index in [1.54, 1.807) is 30.1 Å². The summed E-state index contributed by atoms with van der Waals surface area (Å²) in [4.78, 5) is 22.8. The van der Waals surface area contributed by atoms with E-state index in [4.69, 9.17) is 0 Å². The normalized spacial score (nSPS) is 16.2. The molecule has 5 heteroatoms. The Kier molecular flexibility index (Phi) is 3.73. The van der Waals surface area contributed by atoms with Gasteiger partial charge >= 0.3 is 0 Å². The van der Waals surface area contributed by atoms with Crippen LogP contribution in [0.2, 0.25) is 0 Å². The van der Waals surface area contributed by atoms with Gasteiger partial charge in [-0.3, -0.25) is 9.78 Å². The summed E-state index contributed by atoms with van der Waals surface area (Å²) in [6.45, 7) is 3.91. The monoisotopic (exact) mass is 284 g/mol. The largest absolute Gasteiger partial charge is 0.355 e. The number of piperidine rings is 1. The van der Waals surface area contributed by atoms with Crippen molar-refractivity contribution >= 4 is 5.82 Å². The molecule has 0 atom stereocenters. The van der Waals surface area contributed by atoms with Crippen molar-refractivity contribution in [1.29, 1.82) is 0 Å². The van der Waals surface area contributed by atoms with Crippen LogP contribution in [0.25, 0.3) is 0 Å². The summed E-state index contributed by atoms with van der Waals surface area (Å²) in [6.07, 6.45) is 7.42. The highest BCUT2D eigenvalue weighted by atomic mass is 16.1. The maximum atomic E-state index is 11.7. The van der Waals surface area contributed by atoms with Gasteiger partial charge in [-0.05, 0) is 37.3 Å². The standard InChI is InChI=1S/C16H20N4O/c1-12-16(18-7-6-17-12)20-9-4-13(5-10-20)14-3-8-19(2)15(21)11-14/h3,6-8,11,13H,4-5,9-10H2,1-2H3. The zero-order valence-electron chi connectivity index (χ0n) is 12.5. The molecule has 1 saturated heterocycles. The Bertz CT molecular complexity index is 687. The van der Waals surface area contributed by atoms with E-state index in [9.17, 15) is 4.79 Å². The lowest BCUT2D eigenvalue weighted by Crippen LogP contribution is -2.34. The number of anilines is 1. The molecule has 0 bridgehead atoms. The van der Waals surface area contributed by atoms with Crippen molar-refractivity contribution in [2.45, 2.75) is 25.7 Å². The van der Waals surface area contributed by atoms with Gasteiger partial charge in [-0.2, -0.15) is 0 Å². The van der Waals surface area contributed by atoms with E-state index in [0.717, 1.165) is 43.0 Å². The molecule has 3 rings (SSSR count). The maximum Gasteiger partial charge on any atom is 0.250 e. The predicted octanol–water partition coefficient (Wildman–Crippen LogP) is 1.87. The molecule has 0 radical (unpaired) electrons. The molecular formula is C16H20N4O. The van der Waals surface area contributed by atoms with Crippen LogP contribution >= 0.6 is 0 Å². The molecule has 0 unspecified atom stereocenters. The van der Waals surface area contributed by atoms with Crippen LogP contribution in [0.5, 0.6) is 0 Å². The van der Waals surface area contributed by atoms with Crippen molar-refractivity contribution < 1.29 is 0 Å². The van der Waals surface area contributed by atoms with Crippen molar-refractivity contribution in [2.75, 3.05) is 18.0 Å². The Morgan fingerprint density at radius 3 is 2.57 bits per heavy atom. The predicted molar refractivity (Wildman–Crippen MR) is 82.6 cm³/mol. The van der Waals surface area contributed by atoms with E-state index in [1.165, 1.54) is 0 Å². The summed E-state index contributed by atoms with van der Waals surface area (Å²) in [5, 5.41) is 0. The summed E-state index contributed by atoms with van der Waals surface area (Å²) < 4.78 is 1.61. The first-order valence-corrected chi connectivity index (χ1v) is 7.34. The SMILES string of the molecule is Cc1nccnc1N1CCC(c2ccn(C)c(=O)c2)CC1. The second-order valence-corrected chi connectivity index (χ2v) is 5.64. The minimum atomic E-state index is 0.0692. The van der Waals surface area contributed by atoms with Gasteiger partial charge in [0.1, 0.15) is 5.82 Å². The van der Waals surface area contributed by atoms with Crippen molar-refractivity contribution in [2.24, 2.45) is 7.05 Å². The van der Waals surface area contributed by atoms with Gasteiger partial charge in [0.15, 0.2) is 0 Å².